The van der Waals surface area contributed by atoms with E-state index in [0.717, 1.165) is 16.8 Å². The summed E-state index contributed by atoms with van der Waals surface area (Å²) in [5.74, 6) is 0.372. The van der Waals surface area contributed by atoms with Crippen LogP contribution >= 0.6 is 11.3 Å². The topological polar surface area (TPSA) is 46.9 Å². The maximum absolute atomic E-state index is 12.6. The first-order valence-corrected chi connectivity index (χ1v) is 7.94. The molecule has 0 saturated heterocycles. The van der Waals surface area contributed by atoms with Crippen LogP contribution in [-0.2, 0) is 6.54 Å². The van der Waals surface area contributed by atoms with Crippen LogP contribution in [0, 0.1) is 13.8 Å². The van der Waals surface area contributed by atoms with Crippen LogP contribution in [0.15, 0.2) is 52.9 Å². The molecule has 0 fully saturated rings. The zero-order valence-electron chi connectivity index (χ0n) is 12.5. The van der Waals surface area contributed by atoms with Crippen molar-refractivity contribution in [1.82, 2.24) is 9.55 Å². The van der Waals surface area contributed by atoms with Crippen molar-refractivity contribution >= 4 is 17.2 Å². The predicted octanol–water partition coefficient (Wildman–Crippen LogP) is 3.52. The van der Waals surface area contributed by atoms with E-state index >= 15 is 0 Å². The Bertz CT molecular complexity index is 837. The van der Waals surface area contributed by atoms with Crippen LogP contribution in [0.4, 0.5) is 5.82 Å². The number of benzene rings is 1. The molecule has 5 heteroatoms. The van der Waals surface area contributed by atoms with Gasteiger partial charge < -0.3 is 5.32 Å². The average Bonchev–Trinajstić information content (AvgIpc) is 3.02. The number of aryl methyl sites for hydroxylation is 2. The molecule has 2 aromatic heterocycles. The van der Waals surface area contributed by atoms with Crippen molar-refractivity contribution in [2.75, 3.05) is 5.32 Å². The van der Waals surface area contributed by atoms with E-state index in [1.165, 1.54) is 4.88 Å². The molecule has 0 unspecified atom stereocenters. The minimum absolute atomic E-state index is 0.132. The molecule has 1 N–H and O–H groups in total. The molecule has 0 amide bonds. The lowest BCUT2D eigenvalue weighted by atomic mass is 10.1. The first-order valence-electron chi connectivity index (χ1n) is 7.06. The Labute approximate surface area is 133 Å². The van der Waals surface area contributed by atoms with E-state index in [0.29, 0.717) is 12.4 Å². The van der Waals surface area contributed by atoms with Crippen molar-refractivity contribution in [2.45, 2.75) is 20.4 Å². The highest BCUT2D eigenvalue weighted by molar-refractivity contribution is 7.09. The molecule has 0 saturated carbocycles. The largest absolute Gasteiger partial charge is 0.361 e. The second-order valence-electron chi connectivity index (χ2n) is 5.17. The fourth-order valence-electron chi connectivity index (χ4n) is 2.29. The molecule has 0 radical (unpaired) electrons. The van der Waals surface area contributed by atoms with Crippen molar-refractivity contribution in [3.8, 4) is 5.69 Å². The standard InChI is InChI=1S/C17H17N3OS/c1-12-5-6-13(2)15(10-12)20-8-7-18-16(17(20)21)19-11-14-4-3-9-22-14/h3-10H,11H2,1-2H3,(H,18,19). The number of rotatable bonds is 4. The van der Waals surface area contributed by atoms with Gasteiger partial charge in [0.15, 0.2) is 5.82 Å². The number of nitrogens with one attached hydrogen (secondary N) is 1. The summed E-state index contributed by atoms with van der Waals surface area (Å²) in [7, 11) is 0. The average molecular weight is 311 g/mol. The van der Waals surface area contributed by atoms with Crippen molar-refractivity contribution in [3.63, 3.8) is 0 Å². The highest BCUT2D eigenvalue weighted by Gasteiger charge is 2.08. The first kappa shape index (κ1) is 14.5. The van der Waals surface area contributed by atoms with Gasteiger partial charge in [-0.05, 0) is 42.5 Å². The quantitative estimate of drug-likeness (QED) is 0.802. The minimum atomic E-state index is -0.132. The van der Waals surface area contributed by atoms with Crippen LogP contribution in [0.3, 0.4) is 0 Å². The van der Waals surface area contributed by atoms with Gasteiger partial charge in [0.1, 0.15) is 0 Å². The molecule has 0 atom stereocenters. The van der Waals surface area contributed by atoms with E-state index in [9.17, 15) is 4.79 Å². The van der Waals surface area contributed by atoms with Crippen molar-refractivity contribution < 1.29 is 0 Å². The molecule has 0 aliphatic carbocycles. The van der Waals surface area contributed by atoms with Gasteiger partial charge in [-0.15, -0.1) is 11.3 Å². The summed E-state index contributed by atoms with van der Waals surface area (Å²) in [4.78, 5) is 18.0. The van der Waals surface area contributed by atoms with Crippen molar-refractivity contribution in [1.29, 1.82) is 0 Å². The molecule has 0 bridgehead atoms. The van der Waals surface area contributed by atoms with Crippen LogP contribution in [-0.4, -0.2) is 9.55 Å². The third-order valence-corrected chi connectivity index (χ3v) is 4.35. The summed E-state index contributed by atoms with van der Waals surface area (Å²) in [6.07, 6.45) is 3.36. The van der Waals surface area contributed by atoms with E-state index in [-0.39, 0.29) is 5.56 Å². The zero-order valence-corrected chi connectivity index (χ0v) is 13.4. The smallest absolute Gasteiger partial charge is 0.297 e. The molecule has 0 aliphatic heterocycles. The molecule has 4 nitrogen and oxygen atoms in total. The molecular formula is C17H17N3OS. The van der Waals surface area contributed by atoms with Crippen LogP contribution in [0.2, 0.25) is 0 Å². The summed E-state index contributed by atoms with van der Waals surface area (Å²) >= 11 is 1.65. The lowest BCUT2D eigenvalue weighted by Gasteiger charge is -2.11. The lowest BCUT2D eigenvalue weighted by Crippen LogP contribution is -2.23. The Morgan fingerprint density at radius 3 is 2.91 bits per heavy atom. The SMILES string of the molecule is Cc1ccc(C)c(-n2ccnc(NCc3cccs3)c2=O)c1. The number of hydrogen-bond acceptors (Lipinski definition) is 4. The fraction of sp³-hybridized carbons (Fsp3) is 0.176. The van der Waals surface area contributed by atoms with Gasteiger partial charge in [-0.25, -0.2) is 4.98 Å². The third-order valence-electron chi connectivity index (χ3n) is 3.48. The van der Waals surface area contributed by atoms with Gasteiger partial charge >= 0.3 is 0 Å². The fourth-order valence-corrected chi connectivity index (χ4v) is 2.93. The summed E-state index contributed by atoms with van der Waals surface area (Å²) in [5, 5.41) is 5.14. The molecule has 1 aromatic carbocycles. The molecule has 112 valence electrons. The molecule has 3 aromatic rings. The highest BCUT2D eigenvalue weighted by Crippen LogP contribution is 2.15. The molecule has 2 heterocycles. The summed E-state index contributed by atoms with van der Waals surface area (Å²) in [6, 6.07) is 10.1. The van der Waals surface area contributed by atoms with Crippen LogP contribution in [0.1, 0.15) is 16.0 Å². The van der Waals surface area contributed by atoms with E-state index in [1.54, 1.807) is 28.3 Å². The predicted molar refractivity (Wildman–Crippen MR) is 91.0 cm³/mol. The van der Waals surface area contributed by atoms with Gasteiger partial charge in [0.2, 0.25) is 0 Å². The monoisotopic (exact) mass is 311 g/mol. The first-order chi connectivity index (χ1) is 10.6. The second-order valence-corrected chi connectivity index (χ2v) is 6.21. The number of aromatic nitrogens is 2. The maximum Gasteiger partial charge on any atom is 0.297 e. The lowest BCUT2D eigenvalue weighted by molar-refractivity contribution is 0.936. The van der Waals surface area contributed by atoms with E-state index in [1.807, 2.05) is 49.6 Å². The van der Waals surface area contributed by atoms with Gasteiger partial charge in [0, 0.05) is 17.3 Å². The number of anilines is 1. The Balaban J connectivity index is 1.95. The van der Waals surface area contributed by atoms with E-state index in [4.69, 9.17) is 0 Å². The van der Waals surface area contributed by atoms with Crippen LogP contribution in [0.5, 0.6) is 0 Å². The normalized spacial score (nSPS) is 10.6. The zero-order chi connectivity index (χ0) is 15.5. The number of nitrogens with zero attached hydrogens (tertiary/aromatic N) is 2. The Kier molecular flexibility index (Phi) is 4.06. The van der Waals surface area contributed by atoms with Crippen molar-refractivity contribution in [3.05, 3.63) is 74.5 Å². The molecule has 0 spiro atoms. The van der Waals surface area contributed by atoms with Gasteiger partial charge in [0.25, 0.3) is 5.56 Å². The second kappa shape index (κ2) is 6.15. The van der Waals surface area contributed by atoms with E-state index in [2.05, 4.69) is 10.3 Å². The van der Waals surface area contributed by atoms with Gasteiger partial charge in [-0.1, -0.05) is 18.2 Å². The van der Waals surface area contributed by atoms with E-state index < -0.39 is 0 Å². The van der Waals surface area contributed by atoms with Gasteiger partial charge in [-0.2, -0.15) is 0 Å². The molecule has 22 heavy (non-hydrogen) atoms. The highest BCUT2D eigenvalue weighted by atomic mass is 32.1. The molecule has 3 rings (SSSR count). The Morgan fingerprint density at radius 1 is 1.27 bits per heavy atom. The molecule has 0 aliphatic rings. The third kappa shape index (κ3) is 2.94. The number of thiophene rings is 1. The summed E-state index contributed by atoms with van der Waals surface area (Å²) in [5.41, 5.74) is 2.94. The Hall–Kier alpha value is -2.40. The van der Waals surface area contributed by atoms with Crippen LogP contribution < -0.4 is 10.9 Å². The Morgan fingerprint density at radius 2 is 2.14 bits per heavy atom. The maximum atomic E-state index is 12.6. The molecular weight excluding hydrogens is 294 g/mol. The van der Waals surface area contributed by atoms with Crippen molar-refractivity contribution in [2.24, 2.45) is 0 Å². The summed E-state index contributed by atoms with van der Waals surface area (Å²) in [6.45, 7) is 4.63. The summed E-state index contributed by atoms with van der Waals surface area (Å²) < 4.78 is 1.64. The van der Waals surface area contributed by atoms with Gasteiger partial charge in [0.05, 0.1) is 12.2 Å². The minimum Gasteiger partial charge on any atom is -0.361 e. The van der Waals surface area contributed by atoms with Crippen LogP contribution in [0.25, 0.3) is 5.69 Å². The number of hydrogen-bond donors (Lipinski definition) is 1. The van der Waals surface area contributed by atoms with Gasteiger partial charge in [-0.3, -0.25) is 9.36 Å².